The monoisotopic (exact) mass is 264 g/mol. The Bertz CT molecular complexity index is 476. The molecule has 0 saturated carbocycles. The number of hydrogen-bond acceptors (Lipinski definition) is 4. The normalized spacial score (nSPS) is 22.4. The maximum atomic E-state index is 12.4. The zero-order chi connectivity index (χ0) is 14.0. The molecule has 1 saturated heterocycles. The van der Waals surface area contributed by atoms with E-state index in [0.717, 1.165) is 6.42 Å². The van der Waals surface area contributed by atoms with Gasteiger partial charge in [0.25, 0.3) is 5.91 Å². The fourth-order valence-electron chi connectivity index (χ4n) is 2.39. The molecule has 0 spiro atoms. The van der Waals surface area contributed by atoms with Gasteiger partial charge in [-0.15, -0.1) is 0 Å². The van der Waals surface area contributed by atoms with E-state index in [4.69, 9.17) is 15.2 Å². The van der Waals surface area contributed by atoms with Crippen molar-refractivity contribution in [1.29, 1.82) is 0 Å². The summed E-state index contributed by atoms with van der Waals surface area (Å²) in [6, 6.07) is 5.33. The second kappa shape index (κ2) is 5.48. The van der Waals surface area contributed by atoms with Gasteiger partial charge in [-0.25, -0.2) is 0 Å². The topological polar surface area (TPSA) is 64.8 Å². The smallest absolute Gasteiger partial charge is 0.254 e. The summed E-state index contributed by atoms with van der Waals surface area (Å²) < 4.78 is 10.4. The second-order valence-corrected chi connectivity index (χ2v) is 4.76. The Kier molecular flexibility index (Phi) is 3.95. The summed E-state index contributed by atoms with van der Waals surface area (Å²) in [5.74, 6) is 1.16. The summed E-state index contributed by atoms with van der Waals surface area (Å²) >= 11 is 0. The molecule has 5 heteroatoms. The third kappa shape index (κ3) is 2.51. The Hall–Kier alpha value is -1.75. The van der Waals surface area contributed by atoms with Gasteiger partial charge in [-0.05, 0) is 31.5 Å². The molecule has 1 aliphatic heterocycles. The molecule has 104 valence electrons. The Morgan fingerprint density at radius 2 is 2.00 bits per heavy atom. The molecule has 0 aromatic heterocycles. The average Bonchev–Trinajstić information content (AvgIpc) is 2.77. The molecule has 1 amide bonds. The summed E-state index contributed by atoms with van der Waals surface area (Å²) in [6.07, 6.45) is 0.847. The van der Waals surface area contributed by atoms with Crippen LogP contribution in [0.3, 0.4) is 0 Å². The van der Waals surface area contributed by atoms with E-state index in [-0.39, 0.29) is 18.0 Å². The number of amides is 1. The summed E-state index contributed by atoms with van der Waals surface area (Å²) in [4.78, 5) is 14.3. The van der Waals surface area contributed by atoms with Crippen LogP contribution in [0.1, 0.15) is 23.7 Å². The third-order valence-electron chi connectivity index (χ3n) is 3.71. The van der Waals surface area contributed by atoms with Gasteiger partial charge >= 0.3 is 0 Å². The Balaban J connectivity index is 2.24. The Morgan fingerprint density at radius 3 is 2.53 bits per heavy atom. The van der Waals surface area contributed by atoms with E-state index < -0.39 is 0 Å². The summed E-state index contributed by atoms with van der Waals surface area (Å²) in [5.41, 5.74) is 6.54. The van der Waals surface area contributed by atoms with Gasteiger partial charge in [-0.3, -0.25) is 4.79 Å². The molecule has 2 N–H and O–H groups in total. The van der Waals surface area contributed by atoms with Crippen molar-refractivity contribution in [2.24, 2.45) is 5.73 Å². The van der Waals surface area contributed by atoms with Crippen molar-refractivity contribution in [3.05, 3.63) is 23.8 Å². The molecule has 2 rings (SSSR count). The van der Waals surface area contributed by atoms with Crippen LogP contribution in [0.2, 0.25) is 0 Å². The van der Waals surface area contributed by atoms with E-state index in [1.54, 1.807) is 32.4 Å². The van der Waals surface area contributed by atoms with Crippen molar-refractivity contribution in [3.63, 3.8) is 0 Å². The van der Waals surface area contributed by atoms with E-state index in [1.807, 2.05) is 11.8 Å². The zero-order valence-corrected chi connectivity index (χ0v) is 11.6. The molecule has 0 bridgehead atoms. The number of benzene rings is 1. The molecular formula is C14H20N2O3. The van der Waals surface area contributed by atoms with Gasteiger partial charge in [0.05, 0.1) is 14.2 Å². The number of hydrogen-bond donors (Lipinski definition) is 1. The van der Waals surface area contributed by atoms with Crippen LogP contribution in [-0.4, -0.2) is 43.7 Å². The van der Waals surface area contributed by atoms with Crippen LogP contribution in [0.15, 0.2) is 18.2 Å². The van der Waals surface area contributed by atoms with Crippen LogP contribution in [0.5, 0.6) is 11.5 Å². The Morgan fingerprint density at radius 1 is 1.32 bits per heavy atom. The Labute approximate surface area is 113 Å². The predicted octanol–water partition coefficient (Wildman–Crippen LogP) is 1.27. The second-order valence-electron chi connectivity index (χ2n) is 4.76. The van der Waals surface area contributed by atoms with E-state index in [9.17, 15) is 4.79 Å². The van der Waals surface area contributed by atoms with Crippen LogP contribution in [0, 0.1) is 0 Å². The minimum absolute atomic E-state index is 0.0126. The number of ether oxygens (including phenoxy) is 2. The van der Waals surface area contributed by atoms with Crippen molar-refractivity contribution >= 4 is 5.91 Å². The first-order valence-electron chi connectivity index (χ1n) is 6.37. The highest BCUT2D eigenvalue weighted by Gasteiger charge is 2.32. The maximum absolute atomic E-state index is 12.4. The SMILES string of the molecule is COc1ccc(C(=O)N2CCC(N)C2C)cc1OC. The molecule has 1 aromatic rings. The lowest BCUT2D eigenvalue weighted by Crippen LogP contribution is -2.40. The number of nitrogens with zero attached hydrogens (tertiary/aromatic N) is 1. The van der Waals surface area contributed by atoms with Crippen LogP contribution < -0.4 is 15.2 Å². The van der Waals surface area contributed by atoms with Gasteiger partial charge in [-0.2, -0.15) is 0 Å². The van der Waals surface area contributed by atoms with Crippen molar-refractivity contribution < 1.29 is 14.3 Å². The van der Waals surface area contributed by atoms with Crippen LogP contribution in [0.25, 0.3) is 0 Å². The number of carbonyl (C=O) groups is 1. The van der Waals surface area contributed by atoms with Gasteiger partial charge in [-0.1, -0.05) is 0 Å². The van der Waals surface area contributed by atoms with E-state index in [2.05, 4.69) is 0 Å². The number of carbonyl (C=O) groups excluding carboxylic acids is 1. The molecule has 1 aliphatic rings. The first-order valence-corrected chi connectivity index (χ1v) is 6.37. The lowest BCUT2D eigenvalue weighted by Gasteiger charge is -2.23. The highest BCUT2D eigenvalue weighted by atomic mass is 16.5. The van der Waals surface area contributed by atoms with E-state index in [0.29, 0.717) is 23.6 Å². The van der Waals surface area contributed by atoms with Gasteiger partial charge < -0.3 is 20.1 Å². The lowest BCUT2D eigenvalue weighted by molar-refractivity contribution is 0.0742. The predicted molar refractivity (Wildman–Crippen MR) is 72.6 cm³/mol. The van der Waals surface area contributed by atoms with Gasteiger partial charge in [0, 0.05) is 24.2 Å². The lowest BCUT2D eigenvalue weighted by atomic mass is 10.1. The molecule has 0 radical (unpaired) electrons. The fourth-order valence-corrected chi connectivity index (χ4v) is 2.39. The standard InChI is InChI=1S/C14H20N2O3/c1-9-11(15)6-7-16(9)14(17)10-4-5-12(18-2)13(8-10)19-3/h4-5,8-9,11H,6-7,15H2,1-3H3. The first kappa shape index (κ1) is 13.7. The van der Waals surface area contributed by atoms with Gasteiger partial charge in [0.1, 0.15) is 0 Å². The van der Waals surface area contributed by atoms with E-state index >= 15 is 0 Å². The average molecular weight is 264 g/mol. The minimum Gasteiger partial charge on any atom is -0.493 e. The number of likely N-dealkylation sites (tertiary alicyclic amines) is 1. The van der Waals surface area contributed by atoms with Gasteiger partial charge in [0.2, 0.25) is 0 Å². The van der Waals surface area contributed by atoms with Crippen LogP contribution >= 0.6 is 0 Å². The highest BCUT2D eigenvalue weighted by Crippen LogP contribution is 2.29. The molecule has 5 nitrogen and oxygen atoms in total. The largest absolute Gasteiger partial charge is 0.493 e. The molecule has 2 unspecified atom stereocenters. The van der Waals surface area contributed by atoms with Crippen molar-refractivity contribution in [2.45, 2.75) is 25.4 Å². The number of rotatable bonds is 3. The van der Waals surface area contributed by atoms with Crippen molar-refractivity contribution in [2.75, 3.05) is 20.8 Å². The molecule has 0 aliphatic carbocycles. The minimum atomic E-state index is -0.0126. The highest BCUT2D eigenvalue weighted by molar-refractivity contribution is 5.95. The molecule has 1 aromatic carbocycles. The van der Waals surface area contributed by atoms with Crippen molar-refractivity contribution in [3.8, 4) is 11.5 Å². The molecule has 1 heterocycles. The first-order chi connectivity index (χ1) is 9.08. The molecule has 1 fully saturated rings. The van der Waals surface area contributed by atoms with E-state index in [1.165, 1.54) is 0 Å². The summed E-state index contributed by atoms with van der Waals surface area (Å²) in [6.45, 7) is 2.69. The summed E-state index contributed by atoms with van der Waals surface area (Å²) in [5, 5.41) is 0. The fraction of sp³-hybridized carbons (Fsp3) is 0.500. The molecule has 19 heavy (non-hydrogen) atoms. The van der Waals surface area contributed by atoms with Crippen molar-refractivity contribution in [1.82, 2.24) is 4.90 Å². The zero-order valence-electron chi connectivity index (χ0n) is 11.6. The summed E-state index contributed by atoms with van der Waals surface area (Å²) in [7, 11) is 3.13. The van der Waals surface area contributed by atoms with Crippen LogP contribution in [0.4, 0.5) is 0 Å². The molecular weight excluding hydrogens is 244 g/mol. The quantitative estimate of drug-likeness (QED) is 0.892. The molecule has 2 atom stereocenters. The number of nitrogens with two attached hydrogens (primary N) is 1. The third-order valence-corrected chi connectivity index (χ3v) is 3.71. The van der Waals surface area contributed by atoms with Gasteiger partial charge in [0.15, 0.2) is 11.5 Å². The van der Waals surface area contributed by atoms with Crippen LogP contribution in [-0.2, 0) is 0 Å². The maximum Gasteiger partial charge on any atom is 0.254 e. The number of methoxy groups -OCH3 is 2.